The fraction of sp³-hybridized carbons (Fsp3) is 0.714. The number of nitrogens with one attached hydrogen (secondary N) is 1. The highest BCUT2D eigenvalue weighted by molar-refractivity contribution is 7.12. The Hall–Kier alpha value is -0.380. The van der Waals surface area contributed by atoms with Crippen molar-refractivity contribution in [3.8, 4) is 0 Å². The van der Waals surface area contributed by atoms with Crippen LogP contribution in [0.25, 0.3) is 0 Å². The van der Waals surface area contributed by atoms with Crippen molar-refractivity contribution in [1.82, 2.24) is 5.32 Å². The number of thiophene rings is 1. The van der Waals surface area contributed by atoms with Crippen molar-refractivity contribution in [2.45, 2.75) is 43.6 Å². The smallest absolute Gasteiger partial charge is 0.105 e. The lowest BCUT2D eigenvalue weighted by Gasteiger charge is -2.40. The highest BCUT2D eigenvalue weighted by Crippen LogP contribution is 2.50. The molecule has 1 aliphatic carbocycles. The molecule has 2 aliphatic heterocycles. The van der Waals surface area contributed by atoms with E-state index in [1.165, 1.54) is 12.8 Å². The second kappa shape index (κ2) is 3.81. The maximum Gasteiger partial charge on any atom is 0.105 e. The van der Waals surface area contributed by atoms with Crippen LogP contribution in [0.4, 0.5) is 0 Å². The van der Waals surface area contributed by atoms with Crippen LogP contribution in [0.1, 0.15) is 46.9 Å². The standard InChI is InChI=1S/C14H19NOS/c1-2-10(1)12-9-11-3-8-16-14(13(11)17-12)4-6-15-7-5-14/h9-10,15H,1-8H2. The summed E-state index contributed by atoms with van der Waals surface area (Å²) >= 11 is 2.06. The monoisotopic (exact) mass is 249 g/mol. The second-order valence-corrected chi connectivity index (χ2v) is 6.70. The minimum atomic E-state index is 0.0800. The molecule has 0 radical (unpaired) electrons. The third-order valence-corrected chi connectivity index (χ3v) is 5.91. The largest absolute Gasteiger partial charge is 0.369 e. The van der Waals surface area contributed by atoms with E-state index in [-0.39, 0.29) is 5.60 Å². The zero-order chi connectivity index (χ0) is 11.3. The molecule has 2 fully saturated rings. The number of hydrogen-bond acceptors (Lipinski definition) is 3. The summed E-state index contributed by atoms with van der Waals surface area (Å²) in [5, 5.41) is 3.45. The second-order valence-electron chi connectivity index (χ2n) is 5.62. The van der Waals surface area contributed by atoms with E-state index in [9.17, 15) is 0 Å². The highest BCUT2D eigenvalue weighted by Gasteiger charge is 2.41. The fourth-order valence-electron chi connectivity index (χ4n) is 3.21. The molecule has 0 bridgehead atoms. The van der Waals surface area contributed by atoms with Crippen molar-refractivity contribution in [1.29, 1.82) is 0 Å². The van der Waals surface area contributed by atoms with Gasteiger partial charge in [0.05, 0.1) is 6.61 Å². The van der Waals surface area contributed by atoms with Gasteiger partial charge in [-0.25, -0.2) is 0 Å². The van der Waals surface area contributed by atoms with Crippen molar-refractivity contribution >= 4 is 11.3 Å². The van der Waals surface area contributed by atoms with E-state index in [0.29, 0.717) is 0 Å². The van der Waals surface area contributed by atoms with E-state index >= 15 is 0 Å². The Kier molecular flexibility index (Phi) is 2.36. The lowest BCUT2D eigenvalue weighted by molar-refractivity contribution is -0.0771. The van der Waals surface area contributed by atoms with Crippen LogP contribution in [-0.2, 0) is 16.8 Å². The maximum absolute atomic E-state index is 6.22. The third kappa shape index (κ3) is 1.67. The Balaban J connectivity index is 1.75. The highest BCUT2D eigenvalue weighted by atomic mass is 32.1. The van der Waals surface area contributed by atoms with Gasteiger partial charge in [0, 0.05) is 9.75 Å². The normalized spacial score (nSPS) is 27.1. The molecular weight excluding hydrogens is 230 g/mol. The molecule has 0 atom stereocenters. The van der Waals surface area contributed by atoms with Crippen molar-refractivity contribution in [2.75, 3.05) is 19.7 Å². The first-order valence-electron chi connectivity index (χ1n) is 6.85. The summed E-state index contributed by atoms with van der Waals surface area (Å²) in [6.07, 6.45) is 6.27. The zero-order valence-corrected chi connectivity index (χ0v) is 10.9. The van der Waals surface area contributed by atoms with Gasteiger partial charge in [0.15, 0.2) is 0 Å². The molecule has 1 aromatic rings. The van der Waals surface area contributed by atoms with Gasteiger partial charge in [0.1, 0.15) is 5.60 Å². The van der Waals surface area contributed by atoms with E-state index in [1.54, 1.807) is 15.3 Å². The first kappa shape index (κ1) is 10.5. The lowest BCUT2D eigenvalue weighted by atomic mass is 9.86. The first-order chi connectivity index (χ1) is 8.37. The molecule has 0 unspecified atom stereocenters. The molecule has 1 N–H and O–H groups in total. The molecule has 1 saturated carbocycles. The molecule has 92 valence electrons. The van der Waals surface area contributed by atoms with E-state index in [1.807, 2.05) is 0 Å². The molecule has 1 aromatic heterocycles. The predicted octanol–water partition coefficient (Wildman–Crippen LogP) is 2.78. The number of ether oxygens (including phenoxy) is 1. The van der Waals surface area contributed by atoms with Gasteiger partial charge in [-0.05, 0) is 62.7 Å². The summed E-state index contributed by atoms with van der Waals surface area (Å²) in [6.45, 7) is 3.14. The van der Waals surface area contributed by atoms with Crippen LogP contribution in [-0.4, -0.2) is 19.7 Å². The van der Waals surface area contributed by atoms with Crippen LogP contribution in [0.5, 0.6) is 0 Å². The summed E-state index contributed by atoms with van der Waals surface area (Å²) in [5.74, 6) is 0.893. The minimum Gasteiger partial charge on any atom is -0.369 e. The van der Waals surface area contributed by atoms with Crippen LogP contribution in [0.3, 0.4) is 0 Å². The summed E-state index contributed by atoms with van der Waals surface area (Å²) in [6, 6.07) is 2.49. The molecule has 4 rings (SSSR count). The summed E-state index contributed by atoms with van der Waals surface area (Å²) in [7, 11) is 0. The van der Waals surface area contributed by atoms with Crippen LogP contribution >= 0.6 is 11.3 Å². The van der Waals surface area contributed by atoms with Crippen LogP contribution in [0.2, 0.25) is 0 Å². The maximum atomic E-state index is 6.22. The number of hydrogen-bond donors (Lipinski definition) is 1. The van der Waals surface area contributed by atoms with E-state index in [2.05, 4.69) is 22.7 Å². The molecule has 3 heteroatoms. The van der Waals surface area contributed by atoms with Crippen molar-refractivity contribution in [2.24, 2.45) is 0 Å². The first-order valence-corrected chi connectivity index (χ1v) is 7.67. The van der Waals surface area contributed by atoms with Crippen LogP contribution in [0, 0.1) is 0 Å². The van der Waals surface area contributed by atoms with Gasteiger partial charge in [0.2, 0.25) is 0 Å². The van der Waals surface area contributed by atoms with Crippen molar-refractivity contribution in [3.63, 3.8) is 0 Å². The van der Waals surface area contributed by atoms with Gasteiger partial charge < -0.3 is 10.1 Å². The predicted molar refractivity (Wildman–Crippen MR) is 69.7 cm³/mol. The average Bonchev–Trinajstić information content (AvgIpc) is 3.11. The number of fused-ring (bicyclic) bond motifs is 2. The Bertz CT molecular complexity index is 429. The Morgan fingerprint density at radius 3 is 2.88 bits per heavy atom. The Labute approximate surface area is 106 Å². The fourth-order valence-corrected chi connectivity index (χ4v) is 4.79. The molecular formula is C14H19NOS. The van der Waals surface area contributed by atoms with Crippen LogP contribution < -0.4 is 5.32 Å². The SMILES string of the molecule is c1c(C2CC2)sc2c1CCOC21CCNCC1. The molecule has 2 nitrogen and oxygen atoms in total. The average molecular weight is 249 g/mol. The summed E-state index contributed by atoms with van der Waals surface area (Å²) in [5.41, 5.74) is 1.68. The quantitative estimate of drug-likeness (QED) is 0.826. The van der Waals surface area contributed by atoms with E-state index in [4.69, 9.17) is 4.74 Å². The van der Waals surface area contributed by atoms with Gasteiger partial charge >= 0.3 is 0 Å². The molecule has 0 amide bonds. The van der Waals surface area contributed by atoms with Gasteiger partial charge in [-0.3, -0.25) is 0 Å². The third-order valence-electron chi connectivity index (χ3n) is 4.38. The zero-order valence-electron chi connectivity index (χ0n) is 10.1. The van der Waals surface area contributed by atoms with Crippen molar-refractivity contribution in [3.05, 3.63) is 21.4 Å². The van der Waals surface area contributed by atoms with Crippen LogP contribution in [0.15, 0.2) is 6.07 Å². The summed E-state index contributed by atoms with van der Waals surface area (Å²) in [4.78, 5) is 3.21. The van der Waals surface area contributed by atoms with Gasteiger partial charge in [0.25, 0.3) is 0 Å². The minimum absolute atomic E-state index is 0.0800. The molecule has 3 aliphatic rings. The van der Waals surface area contributed by atoms with Gasteiger partial charge in [-0.2, -0.15) is 0 Å². The molecule has 0 aromatic carbocycles. The van der Waals surface area contributed by atoms with Gasteiger partial charge in [-0.1, -0.05) is 0 Å². The van der Waals surface area contributed by atoms with Crippen molar-refractivity contribution < 1.29 is 4.74 Å². The molecule has 1 spiro atoms. The topological polar surface area (TPSA) is 21.3 Å². The number of rotatable bonds is 1. The molecule has 17 heavy (non-hydrogen) atoms. The Morgan fingerprint density at radius 2 is 2.12 bits per heavy atom. The molecule has 3 heterocycles. The number of piperidine rings is 1. The summed E-state index contributed by atoms with van der Waals surface area (Å²) < 4.78 is 6.22. The lowest BCUT2D eigenvalue weighted by Crippen LogP contribution is -2.43. The van der Waals surface area contributed by atoms with E-state index < -0.39 is 0 Å². The Morgan fingerprint density at radius 1 is 1.29 bits per heavy atom. The molecule has 1 saturated heterocycles. The van der Waals surface area contributed by atoms with Gasteiger partial charge in [-0.15, -0.1) is 11.3 Å². The van der Waals surface area contributed by atoms with E-state index in [0.717, 1.165) is 44.9 Å².